The quantitative estimate of drug-likeness (QED) is 0.864. The van der Waals surface area contributed by atoms with Crippen molar-refractivity contribution < 1.29 is 4.79 Å². The molecule has 1 fully saturated rings. The van der Waals surface area contributed by atoms with E-state index in [-0.39, 0.29) is 11.9 Å². The summed E-state index contributed by atoms with van der Waals surface area (Å²) < 4.78 is 1.86. The molecular formula is C17H23N5O. The number of amides is 1. The van der Waals surface area contributed by atoms with E-state index in [4.69, 9.17) is 0 Å². The van der Waals surface area contributed by atoms with Crippen LogP contribution in [0.1, 0.15) is 34.8 Å². The van der Waals surface area contributed by atoms with Gasteiger partial charge in [-0.3, -0.25) is 4.79 Å². The van der Waals surface area contributed by atoms with E-state index in [1.54, 1.807) is 12.7 Å². The Morgan fingerprint density at radius 2 is 2.26 bits per heavy atom. The van der Waals surface area contributed by atoms with Crippen molar-refractivity contribution in [2.45, 2.75) is 25.4 Å². The van der Waals surface area contributed by atoms with Crippen molar-refractivity contribution in [2.24, 2.45) is 0 Å². The van der Waals surface area contributed by atoms with Gasteiger partial charge in [0.2, 0.25) is 0 Å². The minimum Gasteiger partial charge on any atom is -0.337 e. The van der Waals surface area contributed by atoms with Crippen LogP contribution in [0.15, 0.2) is 36.9 Å². The molecule has 1 aromatic heterocycles. The van der Waals surface area contributed by atoms with E-state index < -0.39 is 0 Å². The van der Waals surface area contributed by atoms with Crippen molar-refractivity contribution in [1.82, 2.24) is 24.6 Å². The van der Waals surface area contributed by atoms with Crippen LogP contribution in [0.2, 0.25) is 0 Å². The van der Waals surface area contributed by atoms with Gasteiger partial charge in [-0.15, -0.1) is 0 Å². The molecule has 1 aliphatic rings. The number of hydrogen-bond donors (Lipinski definition) is 0. The Morgan fingerprint density at radius 1 is 1.39 bits per heavy atom. The summed E-state index contributed by atoms with van der Waals surface area (Å²) in [6, 6.07) is 8.15. The second kappa shape index (κ2) is 6.91. The van der Waals surface area contributed by atoms with Gasteiger partial charge in [-0.2, -0.15) is 5.10 Å². The Kier molecular flexibility index (Phi) is 4.71. The van der Waals surface area contributed by atoms with E-state index in [0.717, 1.165) is 37.1 Å². The number of likely N-dealkylation sites (tertiary alicyclic amines) is 1. The molecule has 2 aromatic rings. The van der Waals surface area contributed by atoms with Crippen molar-refractivity contribution in [3.8, 4) is 0 Å². The number of benzene rings is 1. The van der Waals surface area contributed by atoms with Crippen molar-refractivity contribution >= 4 is 5.91 Å². The fraction of sp³-hybridized carbons (Fsp3) is 0.471. The summed E-state index contributed by atoms with van der Waals surface area (Å²) in [5.74, 6) is 0.107. The molecule has 0 radical (unpaired) electrons. The summed E-state index contributed by atoms with van der Waals surface area (Å²) in [6.07, 6.45) is 5.31. The number of rotatable bonds is 4. The fourth-order valence-electron chi connectivity index (χ4n) is 3.11. The number of carbonyl (C=O) groups excluding carboxylic acids is 1. The molecule has 0 spiro atoms. The Labute approximate surface area is 136 Å². The van der Waals surface area contributed by atoms with Crippen molar-refractivity contribution in [3.63, 3.8) is 0 Å². The maximum Gasteiger partial charge on any atom is 0.253 e. The van der Waals surface area contributed by atoms with Gasteiger partial charge in [-0.25, -0.2) is 9.67 Å². The minimum atomic E-state index is 0.107. The minimum absolute atomic E-state index is 0.107. The van der Waals surface area contributed by atoms with Gasteiger partial charge in [-0.05, 0) is 44.6 Å². The van der Waals surface area contributed by atoms with Gasteiger partial charge in [0.25, 0.3) is 5.91 Å². The molecule has 1 unspecified atom stereocenters. The topological polar surface area (TPSA) is 54.3 Å². The SMILES string of the molecule is CN(C)Cc1cccc(C(=O)N2CCCC(n3cncn3)C2)c1. The molecule has 1 aromatic carbocycles. The van der Waals surface area contributed by atoms with Crippen LogP contribution in [-0.4, -0.2) is 57.7 Å². The monoisotopic (exact) mass is 313 g/mol. The number of aromatic nitrogens is 3. The third-order valence-corrected chi connectivity index (χ3v) is 4.17. The van der Waals surface area contributed by atoms with Crippen LogP contribution in [-0.2, 0) is 6.54 Å². The second-order valence-electron chi connectivity index (χ2n) is 6.36. The summed E-state index contributed by atoms with van der Waals surface area (Å²) >= 11 is 0. The summed E-state index contributed by atoms with van der Waals surface area (Å²) in [6.45, 7) is 2.34. The van der Waals surface area contributed by atoms with Crippen LogP contribution in [0.3, 0.4) is 0 Å². The van der Waals surface area contributed by atoms with E-state index in [0.29, 0.717) is 6.54 Å². The Hall–Kier alpha value is -2.21. The number of carbonyl (C=O) groups is 1. The predicted octanol–water partition coefficient (Wildman–Crippen LogP) is 1.82. The largest absolute Gasteiger partial charge is 0.337 e. The molecule has 0 aliphatic carbocycles. The van der Waals surface area contributed by atoms with Crippen molar-refractivity contribution in [2.75, 3.05) is 27.2 Å². The van der Waals surface area contributed by atoms with E-state index in [2.05, 4.69) is 21.0 Å². The average molecular weight is 313 g/mol. The van der Waals surface area contributed by atoms with E-state index in [9.17, 15) is 4.79 Å². The van der Waals surface area contributed by atoms with E-state index in [1.807, 2.05) is 41.9 Å². The lowest BCUT2D eigenvalue weighted by molar-refractivity contribution is 0.0672. The van der Waals surface area contributed by atoms with Gasteiger partial charge in [-0.1, -0.05) is 12.1 Å². The maximum atomic E-state index is 12.8. The average Bonchev–Trinajstić information content (AvgIpc) is 3.08. The highest BCUT2D eigenvalue weighted by molar-refractivity contribution is 5.94. The van der Waals surface area contributed by atoms with Gasteiger partial charge < -0.3 is 9.80 Å². The molecule has 1 aliphatic heterocycles. The number of hydrogen-bond acceptors (Lipinski definition) is 4. The molecule has 23 heavy (non-hydrogen) atoms. The van der Waals surface area contributed by atoms with Gasteiger partial charge >= 0.3 is 0 Å². The first-order valence-corrected chi connectivity index (χ1v) is 8.00. The third-order valence-electron chi connectivity index (χ3n) is 4.17. The Bertz CT molecular complexity index is 653. The lowest BCUT2D eigenvalue weighted by Crippen LogP contribution is -2.40. The standard InChI is InChI=1S/C17H23N5O/c1-20(2)10-14-5-3-6-15(9-14)17(23)21-8-4-7-16(11-21)22-13-18-12-19-22/h3,5-6,9,12-13,16H,4,7-8,10-11H2,1-2H3. The summed E-state index contributed by atoms with van der Waals surface area (Å²) in [5, 5.41) is 4.22. The highest BCUT2D eigenvalue weighted by Crippen LogP contribution is 2.22. The first-order chi connectivity index (χ1) is 11.1. The normalized spacial score (nSPS) is 18.4. The number of nitrogens with zero attached hydrogens (tertiary/aromatic N) is 5. The van der Waals surface area contributed by atoms with Crippen LogP contribution >= 0.6 is 0 Å². The van der Waals surface area contributed by atoms with E-state index >= 15 is 0 Å². The predicted molar refractivity (Wildman–Crippen MR) is 88.0 cm³/mol. The van der Waals surface area contributed by atoms with Crippen LogP contribution in [0, 0.1) is 0 Å². The molecule has 0 saturated carbocycles. The molecular weight excluding hydrogens is 290 g/mol. The van der Waals surface area contributed by atoms with Crippen LogP contribution in [0.5, 0.6) is 0 Å². The molecule has 6 heteroatoms. The van der Waals surface area contributed by atoms with Crippen LogP contribution < -0.4 is 0 Å². The highest BCUT2D eigenvalue weighted by Gasteiger charge is 2.26. The van der Waals surface area contributed by atoms with Gasteiger partial charge in [0.1, 0.15) is 12.7 Å². The first kappa shape index (κ1) is 15.7. The smallest absolute Gasteiger partial charge is 0.253 e. The molecule has 0 bridgehead atoms. The van der Waals surface area contributed by atoms with Gasteiger partial charge in [0.05, 0.1) is 6.04 Å². The van der Waals surface area contributed by atoms with Crippen molar-refractivity contribution in [3.05, 3.63) is 48.0 Å². The lowest BCUT2D eigenvalue weighted by atomic mass is 10.0. The molecule has 1 amide bonds. The molecule has 2 heterocycles. The zero-order valence-electron chi connectivity index (χ0n) is 13.7. The lowest BCUT2D eigenvalue weighted by Gasteiger charge is -2.32. The molecule has 0 N–H and O–H groups in total. The fourth-order valence-corrected chi connectivity index (χ4v) is 3.11. The second-order valence-corrected chi connectivity index (χ2v) is 6.36. The molecule has 3 rings (SSSR count). The zero-order valence-corrected chi connectivity index (χ0v) is 13.7. The highest BCUT2D eigenvalue weighted by atomic mass is 16.2. The Balaban J connectivity index is 1.72. The van der Waals surface area contributed by atoms with E-state index in [1.165, 1.54) is 0 Å². The first-order valence-electron chi connectivity index (χ1n) is 8.00. The zero-order chi connectivity index (χ0) is 16.2. The summed E-state index contributed by atoms with van der Waals surface area (Å²) in [7, 11) is 4.06. The maximum absolute atomic E-state index is 12.8. The van der Waals surface area contributed by atoms with Crippen molar-refractivity contribution in [1.29, 1.82) is 0 Å². The summed E-state index contributed by atoms with van der Waals surface area (Å²) in [5.41, 5.74) is 1.93. The van der Waals surface area contributed by atoms with Gasteiger partial charge in [0.15, 0.2) is 0 Å². The molecule has 6 nitrogen and oxygen atoms in total. The summed E-state index contributed by atoms with van der Waals surface area (Å²) in [4.78, 5) is 20.9. The van der Waals surface area contributed by atoms with Crippen LogP contribution in [0.4, 0.5) is 0 Å². The molecule has 1 atom stereocenters. The third kappa shape index (κ3) is 3.76. The van der Waals surface area contributed by atoms with Crippen LogP contribution in [0.25, 0.3) is 0 Å². The number of piperidine rings is 1. The molecule has 1 saturated heterocycles. The Morgan fingerprint density at radius 3 is 3.00 bits per heavy atom. The van der Waals surface area contributed by atoms with Gasteiger partial charge in [0, 0.05) is 25.2 Å². The molecule has 122 valence electrons.